The molecular formula is C24H25N3O5S. The second-order valence-electron chi connectivity index (χ2n) is 8.67. The minimum atomic E-state index is -4.07. The van der Waals surface area contributed by atoms with Gasteiger partial charge in [0.1, 0.15) is 0 Å². The summed E-state index contributed by atoms with van der Waals surface area (Å²) < 4.78 is 27.9. The molecule has 3 aromatic rings. The standard InChI is InChI=1S/C24H25N3O5S/c1-16-8-13-21(15-22(16)27(29)30)33(31,32)26-20-7-5-6-19(14-20)25-23(28)17-9-11-18(12-10-17)24(2,3)4/h5-15,26H,1-4H3,(H,25,28). The lowest BCUT2D eigenvalue weighted by atomic mass is 9.87. The molecule has 0 spiro atoms. The molecule has 0 heterocycles. The fraction of sp³-hybridized carbons (Fsp3) is 0.208. The fourth-order valence-corrected chi connectivity index (χ4v) is 4.22. The van der Waals surface area contributed by atoms with E-state index in [1.165, 1.54) is 31.2 Å². The van der Waals surface area contributed by atoms with Crippen molar-refractivity contribution in [3.63, 3.8) is 0 Å². The SMILES string of the molecule is Cc1ccc(S(=O)(=O)Nc2cccc(NC(=O)c3ccc(C(C)(C)C)cc3)c2)cc1[N+](=O)[O-]. The normalized spacial score (nSPS) is 11.6. The molecule has 3 aromatic carbocycles. The maximum absolute atomic E-state index is 12.7. The zero-order valence-corrected chi connectivity index (χ0v) is 19.6. The third kappa shape index (κ3) is 5.75. The molecule has 0 aromatic heterocycles. The summed E-state index contributed by atoms with van der Waals surface area (Å²) in [6.45, 7) is 7.79. The molecule has 8 nitrogen and oxygen atoms in total. The fourth-order valence-electron chi connectivity index (χ4n) is 3.15. The van der Waals surface area contributed by atoms with Crippen LogP contribution in [0.4, 0.5) is 17.1 Å². The Morgan fingerprint density at radius 2 is 1.58 bits per heavy atom. The van der Waals surface area contributed by atoms with Crippen LogP contribution in [0, 0.1) is 17.0 Å². The van der Waals surface area contributed by atoms with Crippen LogP contribution in [0.2, 0.25) is 0 Å². The third-order valence-corrected chi connectivity index (χ3v) is 6.45. The van der Waals surface area contributed by atoms with Crippen LogP contribution in [0.25, 0.3) is 0 Å². The molecule has 0 aliphatic rings. The van der Waals surface area contributed by atoms with E-state index < -0.39 is 14.9 Å². The summed E-state index contributed by atoms with van der Waals surface area (Å²) in [5.41, 5.74) is 2.23. The molecule has 1 amide bonds. The summed E-state index contributed by atoms with van der Waals surface area (Å²) in [5, 5.41) is 13.9. The molecule has 0 aliphatic carbocycles. The van der Waals surface area contributed by atoms with E-state index in [2.05, 4.69) is 30.8 Å². The van der Waals surface area contributed by atoms with Gasteiger partial charge >= 0.3 is 0 Å². The lowest BCUT2D eigenvalue weighted by Crippen LogP contribution is -2.15. The van der Waals surface area contributed by atoms with Gasteiger partial charge in [0.15, 0.2) is 0 Å². The van der Waals surface area contributed by atoms with Crippen molar-refractivity contribution in [1.82, 2.24) is 0 Å². The van der Waals surface area contributed by atoms with Crippen molar-refractivity contribution in [1.29, 1.82) is 0 Å². The Balaban J connectivity index is 1.78. The van der Waals surface area contributed by atoms with Gasteiger partial charge < -0.3 is 5.32 Å². The van der Waals surface area contributed by atoms with Crippen LogP contribution in [-0.2, 0) is 15.4 Å². The van der Waals surface area contributed by atoms with E-state index in [-0.39, 0.29) is 27.6 Å². The Bertz CT molecular complexity index is 1310. The van der Waals surface area contributed by atoms with E-state index >= 15 is 0 Å². The van der Waals surface area contributed by atoms with E-state index in [0.717, 1.165) is 11.6 Å². The van der Waals surface area contributed by atoms with Crippen molar-refractivity contribution in [3.8, 4) is 0 Å². The molecule has 2 N–H and O–H groups in total. The van der Waals surface area contributed by atoms with Gasteiger partial charge in [-0.3, -0.25) is 19.6 Å². The number of sulfonamides is 1. The zero-order valence-electron chi connectivity index (χ0n) is 18.7. The van der Waals surface area contributed by atoms with Crippen LogP contribution >= 0.6 is 0 Å². The number of anilines is 2. The number of aryl methyl sites for hydroxylation is 1. The van der Waals surface area contributed by atoms with Crippen molar-refractivity contribution < 1.29 is 18.1 Å². The molecule has 0 radical (unpaired) electrons. The van der Waals surface area contributed by atoms with Crippen molar-refractivity contribution in [3.05, 3.63) is 93.5 Å². The van der Waals surface area contributed by atoms with Gasteiger partial charge in [0.2, 0.25) is 0 Å². The molecule has 3 rings (SSSR count). The monoisotopic (exact) mass is 467 g/mol. The highest BCUT2D eigenvalue weighted by Gasteiger charge is 2.20. The first-order valence-electron chi connectivity index (χ1n) is 10.2. The number of hydrogen-bond acceptors (Lipinski definition) is 5. The van der Waals surface area contributed by atoms with Crippen LogP contribution in [0.5, 0.6) is 0 Å². The molecule has 0 fully saturated rings. The lowest BCUT2D eigenvalue weighted by Gasteiger charge is -2.19. The Morgan fingerprint density at radius 1 is 0.939 bits per heavy atom. The van der Waals surface area contributed by atoms with Crippen LogP contribution in [0.3, 0.4) is 0 Å². The Kier molecular flexibility index (Phi) is 6.55. The summed E-state index contributed by atoms with van der Waals surface area (Å²) >= 11 is 0. The molecule has 0 bridgehead atoms. The van der Waals surface area contributed by atoms with Crippen molar-refractivity contribution in [2.75, 3.05) is 10.0 Å². The van der Waals surface area contributed by atoms with Gasteiger partial charge in [-0.25, -0.2) is 8.42 Å². The smallest absolute Gasteiger partial charge is 0.273 e. The topological polar surface area (TPSA) is 118 Å². The predicted octanol–water partition coefficient (Wildman–Crippen LogP) is 5.25. The van der Waals surface area contributed by atoms with Crippen molar-refractivity contribution in [2.24, 2.45) is 0 Å². The number of carbonyl (C=O) groups is 1. The Labute approximate surface area is 192 Å². The number of nitro groups is 1. The first-order valence-corrected chi connectivity index (χ1v) is 11.6. The number of nitro benzene ring substituents is 1. The molecule has 0 saturated carbocycles. The van der Waals surface area contributed by atoms with E-state index in [1.807, 2.05) is 12.1 Å². The summed E-state index contributed by atoms with van der Waals surface area (Å²) in [6.07, 6.45) is 0. The van der Waals surface area contributed by atoms with E-state index in [4.69, 9.17) is 0 Å². The zero-order chi connectivity index (χ0) is 24.4. The van der Waals surface area contributed by atoms with Crippen LogP contribution in [0.1, 0.15) is 42.3 Å². The quantitative estimate of drug-likeness (QED) is 0.379. The molecule has 0 atom stereocenters. The number of nitrogens with zero attached hydrogens (tertiary/aromatic N) is 1. The largest absolute Gasteiger partial charge is 0.322 e. The van der Waals surface area contributed by atoms with Gasteiger partial charge in [-0.15, -0.1) is 0 Å². The maximum Gasteiger partial charge on any atom is 0.273 e. The average Bonchev–Trinajstić information content (AvgIpc) is 2.73. The third-order valence-electron chi connectivity index (χ3n) is 5.07. The lowest BCUT2D eigenvalue weighted by molar-refractivity contribution is -0.385. The first-order chi connectivity index (χ1) is 15.4. The van der Waals surface area contributed by atoms with Gasteiger partial charge in [-0.2, -0.15) is 0 Å². The molecule has 0 saturated heterocycles. The molecule has 0 aliphatic heterocycles. The summed E-state index contributed by atoms with van der Waals surface area (Å²) in [7, 11) is -4.07. The van der Waals surface area contributed by atoms with Crippen LogP contribution in [0.15, 0.2) is 71.6 Å². The number of nitrogens with one attached hydrogen (secondary N) is 2. The second kappa shape index (κ2) is 9.03. The predicted molar refractivity (Wildman–Crippen MR) is 128 cm³/mol. The van der Waals surface area contributed by atoms with Crippen LogP contribution in [-0.4, -0.2) is 19.2 Å². The average molecular weight is 468 g/mol. The number of amides is 1. The number of carbonyl (C=O) groups excluding carboxylic acids is 1. The van der Waals surface area contributed by atoms with Crippen molar-refractivity contribution >= 4 is 33.0 Å². The van der Waals surface area contributed by atoms with Gasteiger partial charge in [0.05, 0.1) is 15.5 Å². The second-order valence-corrected chi connectivity index (χ2v) is 10.4. The summed E-state index contributed by atoms with van der Waals surface area (Å²) in [4.78, 5) is 22.9. The van der Waals surface area contributed by atoms with Crippen LogP contribution < -0.4 is 10.0 Å². The van der Waals surface area contributed by atoms with Gasteiger partial charge in [-0.1, -0.05) is 45.0 Å². The molecule has 172 valence electrons. The minimum absolute atomic E-state index is 0.0294. The maximum atomic E-state index is 12.7. The number of rotatable bonds is 6. The Hall–Kier alpha value is -3.72. The highest BCUT2D eigenvalue weighted by Crippen LogP contribution is 2.26. The highest BCUT2D eigenvalue weighted by atomic mass is 32.2. The number of hydrogen-bond donors (Lipinski definition) is 2. The molecule has 0 unspecified atom stereocenters. The number of benzene rings is 3. The van der Waals surface area contributed by atoms with E-state index in [0.29, 0.717) is 16.8 Å². The first kappa shape index (κ1) is 23.9. The molecular weight excluding hydrogens is 442 g/mol. The summed E-state index contributed by atoms with van der Waals surface area (Å²) in [5.74, 6) is -0.329. The van der Waals surface area contributed by atoms with Gasteiger partial charge in [0.25, 0.3) is 21.6 Å². The molecule has 33 heavy (non-hydrogen) atoms. The Morgan fingerprint density at radius 3 is 2.18 bits per heavy atom. The van der Waals surface area contributed by atoms with E-state index in [9.17, 15) is 23.3 Å². The highest BCUT2D eigenvalue weighted by molar-refractivity contribution is 7.92. The van der Waals surface area contributed by atoms with Crippen molar-refractivity contribution in [2.45, 2.75) is 38.0 Å². The van der Waals surface area contributed by atoms with Gasteiger partial charge in [0, 0.05) is 22.9 Å². The molecule has 9 heteroatoms. The van der Waals surface area contributed by atoms with Gasteiger partial charge in [-0.05, 0) is 54.3 Å². The van der Waals surface area contributed by atoms with E-state index in [1.54, 1.807) is 24.3 Å². The summed E-state index contributed by atoms with van der Waals surface area (Å²) in [6, 6.07) is 17.2. The minimum Gasteiger partial charge on any atom is -0.322 e.